The molecule has 1 aromatic rings. The molecule has 2 heterocycles. The summed E-state index contributed by atoms with van der Waals surface area (Å²) in [6, 6.07) is 7.29. The first-order chi connectivity index (χ1) is 13.4. The molecule has 1 saturated heterocycles. The Labute approximate surface area is 165 Å². The molecule has 2 atom stereocenters. The van der Waals surface area contributed by atoms with E-state index >= 15 is 0 Å². The van der Waals surface area contributed by atoms with Gasteiger partial charge in [-0.1, -0.05) is 38.1 Å². The van der Waals surface area contributed by atoms with E-state index in [1.165, 1.54) is 0 Å². The summed E-state index contributed by atoms with van der Waals surface area (Å²) in [4.78, 5) is 40.6. The number of urea groups is 1. The molecule has 2 N–H and O–H groups in total. The second-order valence-corrected chi connectivity index (χ2v) is 8.17. The molecule has 2 aliphatic heterocycles. The second kappa shape index (κ2) is 8.63. The zero-order chi connectivity index (χ0) is 20.3. The lowest BCUT2D eigenvalue weighted by Crippen LogP contribution is -2.51. The summed E-state index contributed by atoms with van der Waals surface area (Å²) in [5.74, 6) is -1.58. The first kappa shape index (κ1) is 20.2. The minimum absolute atomic E-state index is 0.0536. The summed E-state index contributed by atoms with van der Waals surface area (Å²) in [6.45, 7) is 6.33. The predicted molar refractivity (Wildman–Crippen MR) is 105 cm³/mol. The van der Waals surface area contributed by atoms with E-state index in [1.807, 2.05) is 38.1 Å². The number of hydrogen-bond donors (Lipinski definition) is 2. The highest BCUT2D eigenvalue weighted by atomic mass is 16.4. The zero-order valence-electron chi connectivity index (χ0n) is 16.6. The summed E-state index contributed by atoms with van der Waals surface area (Å²) in [7, 11) is 0. The van der Waals surface area contributed by atoms with Gasteiger partial charge in [0.15, 0.2) is 0 Å². The number of carbonyl (C=O) groups excluding carboxylic acids is 2. The molecule has 1 aromatic carbocycles. The van der Waals surface area contributed by atoms with Crippen molar-refractivity contribution in [1.82, 2.24) is 15.1 Å². The van der Waals surface area contributed by atoms with Gasteiger partial charge in [-0.2, -0.15) is 0 Å². The van der Waals surface area contributed by atoms with E-state index in [-0.39, 0.29) is 24.4 Å². The van der Waals surface area contributed by atoms with Gasteiger partial charge in [0.2, 0.25) is 5.91 Å². The second-order valence-electron chi connectivity index (χ2n) is 8.17. The number of hydrogen-bond acceptors (Lipinski definition) is 3. The highest BCUT2D eigenvalue weighted by molar-refractivity contribution is 5.84. The Morgan fingerprint density at radius 1 is 1.18 bits per heavy atom. The number of fused-ring (bicyclic) bond motifs is 1. The van der Waals surface area contributed by atoms with Crippen LogP contribution in [0.15, 0.2) is 24.3 Å². The first-order valence-corrected chi connectivity index (χ1v) is 9.99. The van der Waals surface area contributed by atoms with Gasteiger partial charge in [-0.05, 0) is 29.9 Å². The van der Waals surface area contributed by atoms with E-state index in [1.54, 1.807) is 9.80 Å². The summed E-state index contributed by atoms with van der Waals surface area (Å²) >= 11 is 0. The third-order valence-corrected chi connectivity index (χ3v) is 5.52. The topological polar surface area (TPSA) is 90.0 Å². The van der Waals surface area contributed by atoms with Gasteiger partial charge >= 0.3 is 12.0 Å². The number of likely N-dealkylation sites (tertiary alicyclic amines) is 1. The number of nitrogens with one attached hydrogen (secondary N) is 1. The van der Waals surface area contributed by atoms with Gasteiger partial charge in [0, 0.05) is 32.7 Å². The molecule has 0 bridgehead atoms. The summed E-state index contributed by atoms with van der Waals surface area (Å²) in [5, 5.41) is 12.5. The summed E-state index contributed by atoms with van der Waals surface area (Å²) in [6.07, 6.45) is 1.50. The van der Waals surface area contributed by atoms with E-state index < -0.39 is 11.9 Å². The molecule has 0 saturated carbocycles. The third-order valence-electron chi connectivity index (χ3n) is 5.52. The average Bonchev–Trinajstić information content (AvgIpc) is 2.70. The molecular formula is C21H29N3O4. The van der Waals surface area contributed by atoms with E-state index in [0.717, 1.165) is 24.0 Å². The van der Waals surface area contributed by atoms with E-state index in [4.69, 9.17) is 0 Å². The molecule has 28 heavy (non-hydrogen) atoms. The molecule has 0 aromatic heterocycles. The Bertz CT molecular complexity index is 749. The summed E-state index contributed by atoms with van der Waals surface area (Å²) < 4.78 is 0. The number of carboxylic acid groups (broad SMARTS) is 1. The fourth-order valence-electron chi connectivity index (χ4n) is 4.01. The van der Waals surface area contributed by atoms with Crippen LogP contribution in [-0.4, -0.2) is 59.0 Å². The number of carboxylic acids is 1. The number of carbonyl (C=O) groups is 3. The van der Waals surface area contributed by atoms with Crippen LogP contribution in [0.1, 0.15) is 43.7 Å². The largest absolute Gasteiger partial charge is 0.481 e. The molecule has 7 heteroatoms. The van der Waals surface area contributed by atoms with Crippen molar-refractivity contribution in [1.29, 1.82) is 0 Å². The van der Waals surface area contributed by atoms with Crippen molar-refractivity contribution in [3.63, 3.8) is 0 Å². The van der Waals surface area contributed by atoms with Crippen LogP contribution in [0.25, 0.3) is 0 Å². The SMILES string of the molecule is CC(C)CNC(=O)N1CCCC(C(=O)N2Cc3ccccc3C(C(=O)O)C2)C1. The van der Waals surface area contributed by atoms with Crippen LogP contribution in [0.4, 0.5) is 4.79 Å². The molecule has 7 nitrogen and oxygen atoms in total. The van der Waals surface area contributed by atoms with Crippen LogP contribution in [0.3, 0.4) is 0 Å². The van der Waals surface area contributed by atoms with Gasteiger partial charge < -0.3 is 20.2 Å². The van der Waals surface area contributed by atoms with E-state index in [0.29, 0.717) is 32.1 Å². The molecule has 0 radical (unpaired) electrons. The number of benzene rings is 1. The molecule has 1 fully saturated rings. The maximum Gasteiger partial charge on any atom is 0.317 e. The van der Waals surface area contributed by atoms with Gasteiger partial charge in [0.05, 0.1) is 11.8 Å². The third kappa shape index (κ3) is 4.46. The number of aliphatic carboxylic acids is 1. The Morgan fingerprint density at radius 2 is 1.93 bits per heavy atom. The number of nitrogens with zero attached hydrogens (tertiary/aromatic N) is 2. The van der Waals surface area contributed by atoms with Crippen LogP contribution < -0.4 is 5.32 Å². The van der Waals surface area contributed by atoms with Gasteiger partial charge in [0.1, 0.15) is 0 Å². The van der Waals surface area contributed by atoms with E-state index in [2.05, 4.69) is 5.32 Å². The van der Waals surface area contributed by atoms with Crippen molar-refractivity contribution in [2.45, 2.75) is 39.2 Å². The molecule has 152 valence electrons. The number of amides is 3. The van der Waals surface area contributed by atoms with Gasteiger partial charge in [-0.3, -0.25) is 9.59 Å². The smallest absolute Gasteiger partial charge is 0.317 e. The lowest BCUT2D eigenvalue weighted by molar-refractivity contribution is -0.143. The number of piperidine rings is 1. The molecule has 0 aliphatic carbocycles. The zero-order valence-corrected chi connectivity index (χ0v) is 16.6. The fourth-order valence-corrected chi connectivity index (χ4v) is 4.01. The molecule has 2 unspecified atom stereocenters. The van der Waals surface area contributed by atoms with Crippen LogP contribution in [0.5, 0.6) is 0 Å². The fraction of sp³-hybridized carbons (Fsp3) is 0.571. The minimum Gasteiger partial charge on any atom is -0.481 e. The van der Waals surface area contributed by atoms with Gasteiger partial charge in [-0.15, -0.1) is 0 Å². The maximum atomic E-state index is 13.1. The monoisotopic (exact) mass is 387 g/mol. The quantitative estimate of drug-likeness (QED) is 0.829. The van der Waals surface area contributed by atoms with Crippen LogP contribution in [0.2, 0.25) is 0 Å². The average molecular weight is 387 g/mol. The Balaban J connectivity index is 1.68. The van der Waals surface area contributed by atoms with Crippen LogP contribution >= 0.6 is 0 Å². The Hall–Kier alpha value is -2.57. The highest BCUT2D eigenvalue weighted by Gasteiger charge is 2.36. The molecule has 0 spiro atoms. The molecule has 2 aliphatic rings. The Morgan fingerprint density at radius 3 is 2.64 bits per heavy atom. The Kier molecular flexibility index (Phi) is 6.21. The lowest BCUT2D eigenvalue weighted by atomic mass is 9.88. The minimum atomic E-state index is -0.914. The molecular weight excluding hydrogens is 358 g/mol. The van der Waals surface area contributed by atoms with Crippen molar-refractivity contribution in [2.24, 2.45) is 11.8 Å². The molecule has 3 amide bonds. The summed E-state index contributed by atoms with van der Waals surface area (Å²) in [5.41, 5.74) is 1.68. The number of rotatable bonds is 4. The maximum absolute atomic E-state index is 13.1. The standard InChI is InChI=1S/C21H29N3O4/c1-14(2)10-22-21(28)23-9-5-7-16(12-23)19(25)24-11-15-6-3-4-8-17(15)18(13-24)20(26)27/h3-4,6,8,14,16,18H,5,7,9-13H2,1-2H3,(H,22,28)(H,26,27). The molecule has 3 rings (SSSR count). The first-order valence-electron chi connectivity index (χ1n) is 9.99. The normalized spacial score (nSPS) is 22.0. The van der Waals surface area contributed by atoms with Crippen LogP contribution in [0, 0.1) is 11.8 Å². The van der Waals surface area contributed by atoms with Crippen molar-refractivity contribution in [3.05, 3.63) is 35.4 Å². The highest BCUT2D eigenvalue weighted by Crippen LogP contribution is 2.30. The predicted octanol–water partition coefficient (Wildman–Crippen LogP) is 2.27. The van der Waals surface area contributed by atoms with Crippen molar-refractivity contribution in [2.75, 3.05) is 26.2 Å². The van der Waals surface area contributed by atoms with Gasteiger partial charge in [-0.25, -0.2) is 4.79 Å². The lowest BCUT2D eigenvalue weighted by Gasteiger charge is -2.38. The van der Waals surface area contributed by atoms with Crippen molar-refractivity contribution in [3.8, 4) is 0 Å². The van der Waals surface area contributed by atoms with Crippen molar-refractivity contribution >= 4 is 17.9 Å². The van der Waals surface area contributed by atoms with E-state index in [9.17, 15) is 19.5 Å². The van der Waals surface area contributed by atoms with Crippen molar-refractivity contribution < 1.29 is 19.5 Å². The van der Waals surface area contributed by atoms with Gasteiger partial charge in [0.25, 0.3) is 0 Å². The van der Waals surface area contributed by atoms with Crippen LogP contribution in [-0.2, 0) is 16.1 Å².